The van der Waals surface area contributed by atoms with Crippen LogP contribution in [0.25, 0.3) is 0 Å². The molecule has 0 radical (unpaired) electrons. The number of benzene rings is 2. The van der Waals surface area contributed by atoms with E-state index >= 15 is 0 Å². The molecule has 0 saturated carbocycles. The smallest absolute Gasteiger partial charge is 0.265 e. The van der Waals surface area contributed by atoms with E-state index in [-0.39, 0.29) is 11.8 Å². The number of anilines is 1. The Morgan fingerprint density at radius 2 is 1.96 bits per heavy atom. The second kappa shape index (κ2) is 8.53. The van der Waals surface area contributed by atoms with E-state index in [1.54, 1.807) is 49.4 Å². The Morgan fingerprint density at radius 3 is 2.64 bits per heavy atom. The van der Waals surface area contributed by atoms with Gasteiger partial charge in [-0.25, -0.2) is 0 Å². The van der Waals surface area contributed by atoms with Gasteiger partial charge in [-0.2, -0.15) is 0 Å². The van der Waals surface area contributed by atoms with E-state index in [1.165, 1.54) is 0 Å². The van der Waals surface area contributed by atoms with E-state index in [9.17, 15) is 9.59 Å². The van der Waals surface area contributed by atoms with Crippen molar-refractivity contribution in [2.24, 2.45) is 0 Å². The predicted octanol–water partition coefficient (Wildman–Crippen LogP) is 3.80. The normalized spacial score (nSPS) is 11.5. The van der Waals surface area contributed by atoms with Gasteiger partial charge in [0.2, 0.25) is 0 Å². The molecule has 0 spiro atoms. The molecule has 0 fully saturated rings. The molecule has 2 amide bonds. The SMILES string of the molecule is CCNC(=O)c1cccc(NC(=O)C(C)Oc2ccc(Cl)cc2C)c1. The van der Waals surface area contributed by atoms with Gasteiger partial charge in [0, 0.05) is 22.8 Å². The average Bonchev–Trinajstić information content (AvgIpc) is 2.57. The number of nitrogens with one attached hydrogen (secondary N) is 2. The third-order valence-corrected chi connectivity index (χ3v) is 3.77. The molecule has 2 aromatic rings. The van der Waals surface area contributed by atoms with Gasteiger partial charge >= 0.3 is 0 Å². The maximum Gasteiger partial charge on any atom is 0.265 e. The van der Waals surface area contributed by atoms with Gasteiger partial charge in [0.05, 0.1) is 0 Å². The Labute approximate surface area is 152 Å². The number of hydrogen-bond donors (Lipinski definition) is 2. The Kier molecular flexibility index (Phi) is 6.42. The molecule has 0 aliphatic carbocycles. The summed E-state index contributed by atoms with van der Waals surface area (Å²) in [6, 6.07) is 12.0. The number of aryl methyl sites for hydroxylation is 1. The summed E-state index contributed by atoms with van der Waals surface area (Å²) in [4.78, 5) is 24.2. The van der Waals surface area contributed by atoms with Crippen molar-refractivity contribution < 1.29 is 14.3 Å². The molecule has 5 nitrogen and oxygen atoms in total. The lowest BCUT2D eigenvalue weighted by atomic mass is 10.2. The van der Waals surface area contributed by atoms with Gasteiger partial charge in [0.25, 0.3) is 11.8 Å². The van der Waals surface area contributed by atoms with E-state index < -0.39 is 6.10 Å². The molecule has 0 aliphatic heterocycles. The summed E-state index contributed by atoms with van der Waals surface area (Å²) < 4.78 is 5.70. The predicted molar refractivity (Wildman–Crippen MR) is 99.4 cm³/mol. The number of amides is 2. The largest absolute Gasteiger partial charge is 0.481 e. The monoisotopic (exact) mass is 360 g/mol. The Morgan fingerprint density at radius 1 is 1.20 bits per heavy atom. The fraction of sp³-hybridized carbons (Fsp3) is 0.263. The topological polar surface area (TPSA) is 67.4 Å². The van der Waals surface area contributed by atoms with Gasteiger partial charge < -0.3 is 15.4 Å². The van der Waals surface area contributed by atoms with Crippen LogP contribution in [0, 0.1) is 6.92 Å². The lowest BCUT2D eigenvalue weighted by Gasteiger charge is -2.16. The first-order valence-electron chi connectivity index (χ1n) is 8.02. The number of hydrogen-bond acceptors (Lipinski definition) is 3. The summed E-state index contributed by atoms with van der Waals surface area (Å²) in [7, 11) is 0. The van der Waals surface area contributed by atoms with Crippen molar-refractivity contribution in [1.29, 1.82) is 0 Å². The number of rotatable bonds is 6. The van der Waals surface area contributed by atoms with Crippen molar-refractivity contribution in [2.75, 3.05) is 11.9 Å². The van der Waals surface area contributed by atoms with Crippen LogP contribution >= 0.6 is 11.6 Å². The first kappa shape index (κ1) is 18.8. The van der Waals surface area contributed by atoms with Crippen molar-refractivity contribution in [3.63, 3.8) is 0 Å². The van der Waals surface area contributed by atoms with Crippen LogP contribution < -0.4 is 15.4 Å². The van der Waals surface area contributed by atoms with Crippen molar-refractivity contribution in [3.8, 4) is 5.75 Å². The second-order valence-corrected chi connectivity index (χ2v) is 6.04. The minimum atomic E-state index is -0.701. The summed E-state index contributed by atoms with van der Waals surface area (Å²) >= 11 is 5.92. The molecule has 0 aliphatic rings. The van der Waals surface area contributed by atoms with E-state index in [1.807, 2.05) is 13.8 Å². The minimum absolute atomic E-state index is 0.181. The molecule has 0 saturated heterocycles. The van der Waals surface area contributed by atoms with Crippen LogP contribution in [0.2, 0.25) is 5.02 Å². The Hall–Kier alpha value is -2.53. The zero-order valence-corrected chi connectivity index (χ0v) is 15.2. The molecule has 2 aromatic carbocycles. The Balaban J connectivity index is 2.03. The summed E-state index contributed by atoms with van der Waals surface area (Å²) in [6.07, 6.45) is -0.701. The van der Waals surface area contributed by atoms with Crippen molar-refractivity contribution in [3.05, 3.63) is 58.6 Å². The highest BCUT2D eigenvalue weighted by atomic mass is 35.5. The first-order valence-corrected chi connectivity index (χ1v) is 8.40. The lowest BCUT2D eigenvalue weighted by molar-refractivity contribution is -0.122. The van der Waals surface area contributed by atoms with E-state index in [4.69, 9.17) is 16.3 Å². The molecule has 0 aromatic heterocycles. The van der Waals surface area contributed by atoms with Gasteiger partial charge in [0.1, 0.15) is 5.75 Å². The molecule has 0 bridgehead atoms. The lowest BCUT2D eigenvalue weighted by Crippen LogP contribution is -2.30. The number of carbonyl (C=O) groups is 2. The highest BCUT2D eigenvalue weighted by Gasteiger charge is 2.16. The average molecular weight is 361 g/mol. The number of halogens is 1. The molecular weight excluding hydrogens is 340 g/mol. The zero-order chi connectivity index (χ0) is 18.4. The standard InChI is InChI=1S/C19H21ClN2O3/c1-4-21-19(24)14-6-5-7-16(11-14)22-18(23)13(3)25-17-9-8-15(20)10-12(17)2/h5-11,13H,4H2,1-3H3,(H,21,24)(H,22,23). The van der Waals surface area contributed by atoms with Gasteiger partial charge in [-0.1, -0.05) is 17.7 Å². The minimum Gasteiger partial charge on any atom is -0.481 e. The van der Waals surface area contributed by atoms with Crippen LogP contribution in [-0.4, -0.2) is 24.5 Å². The molecule has 1 atom stereocenters. The van der Waals surface area contributed by atoms with Crippen LogP contribution in [-0.2, 0) is 4.79 Å². The molecule has 2 rings (SSSR count). The fourth-order valence-electron chi connectivity index (χ4n) is 2.23. The number of ether oxygens (including phenoxy) is 1. The van der Waals surface area contributed by atoms with E-state index in [2.05, 4.69) is 10.6 Å². The first-order chi connectivity index (χ1) is 11.9. The number of carbonyl (C=O) groups excluding carboxylic acids is 2. The summed E-state index contributed by atoms with van der Waals surface area (Å²) in [6.45, 7) is 5.92. The zero-order valence-electron chi connectivity index (χ0n) is 14.4. The van der Waals surface area contributed by atoms with Gasteiger partial charge in [-0.05, 0) is 62.7 Å². The molecular formula is C19H21ClN2O3. The summed E-state index contributed by atoms with van der Waals surface area (Å²) in [5, 5.41) is 6.10. The van der Waals surface area contributed by atoms with Crippen LogP contribution in [0.5, 0.6) is 5.75 Å². The van der Waals surface area contributed by atoms with Gasteiger partial charge in [0.15, 0.2) is 6.10 Å². The van der Waals surface area contributed by atoms with Gasteiger partial charge in [-0.15, -0.1) is 0 Å². The molecule has 6 heteroatoms. The van der Waals surface area contributed by atoms with Crippen LogP contribution in [0.4, 0.5) is 5.69 Å². The fourth-order valence-corrected chi connectivity index (χ4v) is 2.46. The van der Waals surface area contributed by atoms with Crippen LogP contribution in [0.15, 0.2) is 42.5 Å². The summed E-state index contributed by atoms with van der Waals surface area (Å²) in [5.74, 6) is 0.116. The third-order valence-electron chi connectivity index (χ3n) is 3.54. The molecule has 0 heterocycles. The van der Waals surface area contributed by atoms with E-state index in [0.717, 1.165) is 5.56 Å². The third kappa shape index (κ3) is 5.22. The van der Waals surface area contributed by atoms with Crippen molar-refractivity contribution in [2.45, 2.75) is 26.9 Å². The maximum atomic E-state index is 12.3. The van der Waals surface area contributed by atoms with Crippen LogP contribution in [0.3, 0.4) is 0 Å². The Bertz CT molecular complexity index is 777. The molecule has 25 heavy (non-hydrogen) atoms. The van der Waals surface area contributed by atoms with Gasteiger partial charge in [-0.3, -0.25) is 9.59 Å². The second-order valence-electron chi connectivity index (χ2n) is 5.60. The van der Waals surface area contributed by atoms with Crippen LogP contribution in [0.1, 0.15) is 29.8 Å². The molecule has 2 N–H and O–H groups in total. The molecule has 1 unspecified atom stereocenters. The maximum absolute atomic E-state index is 12.3. The highest BCUT2D eigenvalue weighted by Crippen LogP contribution is 2.23. The van der Waals surface area contributed by atoms with Crippen molar-refractivity contribution in [1.82, 2.24) is 5.32 Å². The van der Waals surface area contributed by atoms with Crippen molar-refractivity contribution >= 4 is 29.1 Å². The quantitative estimate of drug-likeness (QED) is 0.823. The van der Waals surface area contributed by atoms with E-state index in [0.29, 0.717) is 28.6 Å². The molecule has 132 valence electrons. The summed E-state index contributed by atoms with van der Waals surface area (Å²) in [5.41, 5.74) is 1.88. The highest BCUT2D eigenvalue weighted by molar-refractivity contribution is 6.30.